The van der Waals surface area contributed by atoms with E-state index in [2.05, 4.69) is 33.4 Å². The van der Waals surface area contributed by atoms with E-state index in [1.165, 1.54) is 38.9 Å². The third kappa shape index (κ3) is 15.0. The second kappa shape index (κ2) is 8.79. The van der Waals surface area contributed by atoms with E-state index in [0.717, 1.165) is 4.48 Å². The smallest absolute Gasteiger partial charge is 0.0792 e. The Balaban J connectivity index is 0. The predicted molar refractivity (Wildman–Crippen MR) is 55.3 cm³/mol. The van der Waals surface area contributed by atoms with Crippen LogP contribution in [0, 0.1) is 0 Å². The molecule has 0 radical (unpaired) electrons. The molecule has 0 rings (SSSR count). The standard InChI is InChI=1S/C10H25N2.ClH/c1-5-6-8-11-9-7-10-12(2,3)4;/h11H,5-10H2,1-4H3;1H/q+1;/p-1. The molecular formula is C10H25ClN2. The van der Waals surface area contributed by atoms with Gasteiger partial charge in [0.15, 0.2) is 0 Å². The van der Waals surface area contributed by atoms with Crippen LogP contribution in [0.4, 0.5) is 0 Å². The largest absolute Gasteiger partial charge is 1.00 e. The third-order valence-electron chi connectivity index (χ3n) is 1.89. The van der Waals surface area contributed by atoms with Crippen molar-refractivity contribution in [3.63, 3.8) is 0 Å². The highest BCUT2D eigenvalue weighted by Crippen LogP contribution is 1.92. The summed E-state index contributed by atoms with van der Waals surface area (Å²) >= 11 is 0. The van der Waals surface area contributed by atoms with Gasteiger partial charge in [0.2, 0.25) is 0 Å². The van der Waals surface area contributed by atoms with Gasteiger partial charge in [-0.15, -0.1) is 0 Å². The van der Waals surface area contributed by atoms with E-state index in [0.29, 0.717) is 0 Å². The van der Waals surface area contributed by atoms with Crippen LogP contribution in [0.5, 0.6) is 0 Å². The zero-order valence-corrected chi connectivity index (χ0v) is 10.3. The molecule has 0 saturated carbocycles. The Hall–Kier alpha value is 0.210. The number of rotatable bonds is 7. The van der Waals surface area contributed by atoms with Gasteiger partial charge in [-0.1, -0.05) is 13.3 Å². The number of unbranched alkanes of at least 4 members (excludes halogenated alkanes) is 1. The molecule has 2 nitrogen and oxygen atoms in total. The normalized spacial score (nSPS) is 11.1. The summed E-state index contributed by atoms with van der Waals surface area (Å²) < 4.78 is 1.08. The van der Waals surface area contributed by atoms with Crippen molar-refractivity contribution in [2.45, 2.75) is 26.2 Å². The topological polar surface area (TPSA) is 12.0 Å². The monoisotopic (exact) mass is 208 g/mol. The van der Waals surface area contributed by atoms with Gasteiger partial charge in [-0.25, -0.2) is 0 Å². The summed E-state index contributed by atoms with van der Waals surface area (Å²) in [5, 5.41) is 3.45. The van der Waals surface area contributed by atoms with Crippen LogP contribution in [0.1, 0.15) is 26.2 Å². The molecule has 0 unspecified atom stereocenters. The van der Waals surface area contributed by atoms with Gasteiger partial charge in [0, 0.05) is 13.0 Å². The van der Waals surface area contributed by atoms with Crippen LogP contribution in [0.15, 0.2) is 0 Å². The summed E-state index contributed by atoms with van der Waals surface area (Å²) in [4.78, 5) is 0. The average Bonchev–Trinajstić information content (AvgIpc) is 1.94. The van der Waals surface area contributed by atoms with Gasteiger partial charge in [0.05, 0.1) is 27.7 Å². The summed E-state index contributed by atoms with van der Waals surface area (Å²) in [6.07, 6.45) is 3.89. The summed E-state index contributed by atoms with van der Waals surface area (Å²) in [6.45, 7) is 5.86. The number of hydrogen-bond acceptors (Lipinski definition) is 1. The Kier molecular flexibility index (Phi) is 10.6. The van der Waals surface area contributed by atoms with Gasteiger partial charge in [0.25, 0.3) is 0 Å². The molecule has 0 spiro atoms. The van der Waals surface area contributed by atoms with Crippen LogP contribution >= 0.6 is 0 Å². The molecule has 82 valence electrons. The van der Waals surface area contributed by atoms with Crippen molar-refractivity contribution < 1.29 is 16.9 Å². The van der Waals surface area contributed by atoms with Crippen LogP contribution in [0.25, 0.3) is 0 Å². The minimum Gasteiger partial charge on any atom is -1.00 e. The molecule has 0 atom stereocenters. The minimum absolute atomic E-state index is 0. The van der Waals surface area contributed by atoms with Crippen molar-refractivity contribution >= 4 is 0 Å². The van der Waals surface area contributed by atoms with E-state index in [-0.39, 0.29) is 12.4 Å². The molecule has 1 N–H and O–H groups in total. The van der Waals surface area contributed by atoms with Gasteiger partial charge in [-0.3, -0.25) is 0 Å². The first-order chi connectivity index (χ1) is 5.56. The molecule has 13 heavy (non-hydrogen) atoms. The number of quaternary nitrogens is 1. The van der Waals surface area contributed by atoms with E-state index >= 15 is 0 Å². The summed E-state index contributed by atoms with van der Waals surface area (Å²) in [5.41, 5.74) is 0. The van der Waals surface area contributed by atoms with Crippen LogP contribution < -0.4 is 17.7 Å². The first kappa shape index (κ1) is 15.7. The maximum Gasteiger partial charge on any atom is 0.0792 e. The van der Waals surface area contributed by atoms with Crippen LogP contribution in [0.2, 0.25) is 0 Å². The van der Waals surface area contributed by atoms with Gasteiger partial charge in [0.1, 0.15) is 0 Å². The average molecular weight is 209 g/mol. The Labute approximate surface area is 89.7 Å². The lowest BCUT2D eigenvalue weighted by Crippen LogP contribution is -3.00. The van der Waals surface area contributed by atoms with E-state index in [1.54, 1.807) is 0 Å². The first-order valence-electron chi connectivity index (χ1n) is 5.07. The van der Waals surface area contributed by atoms with Gasteiger partial charge in [-0.05, 0) is 13.0 Å². The second-order valence-electron chi connectivity index (χ2n) is 4.47. The van der Waals surface area contributed by atoms with Crippen LogP contribution in [-0.2, 0) is 0 Å². The lowest BCUT2D eigenvalue weighted by molar-refractivity contribution is -0.870. The van der Waals surface area contributed by atoms with Crippen molar-refractivity contribution in [1.82, 2.24) is 5.32 Å². The quantitative estimate of drug-likeness (QED) is 0.396. The van der Waals surface area contributed by atoms with Crippen molar-refractivity contribution in [1.29, 1.82) is 0 Å². The lowest BCUT2D eigenvalue weighted by Gasteiger charge is -2.23. The fourth-order valence-electron chi connectivity index (χ4n) is 1.11. The van der Waals surface area contributed by atoms with Crippen molar-refractivity contribution in [2.75, 3.05) is 40.8 Å². The summed E-state index contributed by atoms with van der Waals surface area (Å²) in [6, 6.07) is 0. The predicted octanol–water partition coefficient (Wildman–Crippen LogP) is -1.52. The van der Waals surface area contributed by atoms with E-state index < -0.39 is 0 Å². The Morgan fingerprint density at radius 2 is 1.54 bits per heavy atom. The van der Waals surface area contributed by atoms with Gasteiger partial charge in [-0.2, -0.15) is 0 Å². The Morgan fingerprint density at radius 3 is 2.00 bits per heavy atom. The fourth-order valence-corrected chi connectivity index (χ4v) is 1.11. The molecule has 0 fully saturated rings. The summed E-state index contributed by atoms with van der Waals surface area (Å²) in [7, 11) is 6.73. The molecule has 0 aliphatic heterocycles. The van der Waals surface area contributed by atoms with Crippen molar-refractivity contribution in [3.05, 3.63) is 0 Å². The molecule has 0 heterocycles. The Morgan fingerprint density at radius 1 is 1.00 bits per heavy atom. The molecule has 0 aliphatic rings. The zero-order chi connectivity index (χ0) is 9.45. The lowest BCUT2D eigenvalue weighted by atomic mass is 10.3. The number of halogens is 1. The molecule has 0 aromatic heterocycles. The molecule has 0 aromatic rings. The van der Waals surface area contributed by atoms with Gasteiger partial charge < -0.3 is 22.2 Å². The van der Waals surface area contributed by atoms with E-state index in [1.807, 2.05) is 0 Å². The number of nitrogens with zero attached hydrogens (tertiary/aromatic N) is 1. The molecule has 0 amide bonds. The number of hydrogen-bond donors (Lipinski definition) is 1. The summed E-state index contributed by atoms with van der Waals surface area (Å²) in [5.74, 6) is 0. The first-order valence-corrected chi connectivity index (χ1v) is 5.07. The molecule has 0 aliphatic carbocycles. The minimum atomic E-state index is 0. The molecular weight excluding hydrogens is 184 g/mol. The van der Waals surface area contributed by atoms with Crippen LogP contribution in [0.3, 0.4) is 0 Å². The van der Waals surface area contributed by atoms with Crippen molar-refractivity contribution in [2.24, 2.45) is 0 Å². The zero-order valence-electron chi connectivity index (χ0n) is 9.57. The van der Waals surface area contributed by atoms with Gasteiger partial charge >= 0.3 is 0 Å². The third-order valence-corrected chi connectivity index (χ3v) is 1.89. The van der Waals surface area contributed by atoms with Crippen LogP contribution in [-0.4, -0.2) is 45.3 Å². The molecule has 0 saturated heterocycles. The highest BCUT2D eigenvalue weighted by Gasteiger charge is 2.04. The fraction of sp³-hybridized carbons (Fsp3) is 1.00. The maximum atomic E-state index is 3.45. The maximum absolute atomic E-state index is 3.45. The second-order valence-corrected chi connectivity index (χ2v) is 4.47. The highest BCUT2D eigenvalue weighted by atomic mass is 35.5. The van der Waals surface area contributed by atoms with E-state index in [9.17, 15) is 0 Å². The van der Waals surface area contributed by atoms with Crippen molar-refractivity contribution in [3.8, 4) is 0 Å². The molecule has 0 aromatic carbocycles. The van der Waals surface area contributed by atoms with E-state index in [4.69, 9.17) is 0 Å². The molecule has 0 bridgehead atoms. The SMILES string of the molecule is CCCCNCCC[N+](C)(C)C.[Cl-]. The Bertz CT molecular complexity index is 99.6. The molecule has 3 heteroatoms. The number of nitrogens with one attached hydrogen (secondary N) is 1. The highest BCUT2D eigenvalue weighted by molar-refractivity contribution is 4.46.